The van der Waals surface area contributed by atoms with Gasteiger partial charge in [0.25, 0.3) is 0 Å². The van der Waals surface area contributed by atoms with Gasteiger partial charge in [-0.15, -0.1) is 10.2 Å². The largest absolute Gasteiger partial charge is 0.496 e. The molecule has 1 aromatic carbocycles. The van der Waals surface area contributed by atoms with Gasteiger partial charge in [-0.2, -0.15) is 0 Å². The average Bonchev–Trinajstić information content (AvgIpc) is 3.37. The van der Waals surface area contributed by atoms with Crippen LogP contribution in [0.15, 0.2) is 18.5 Å². The fourth-order valence-corrected chi connectivity index (χ4v) is 5.84. The number of aromatic nitrogens is 3. The Bertz CT molecular complexity index is 905. The molecular weight excluding hydrogens is 404 g/mol. The van der Waals surface area contributed by atoms with Crippen LogP contribution in [0.1, 0.15) is 63.3 Å². The van der Waals surface area contributed by atoms with Crippen LogP contribution in [0.5, 0.6) is 17.2 Å². The van der Waals surface area contributed by atoms with Gasteiger partial charge >= 0.3 is 0 Å². The van der Waals surface area contributed by atoms with Gasteiger partial charge in [0.05, 0.1) is 21.3 Å². The lowest BCUT2D eigenvalue weighted by molar-refractivity contribution is 0.163. The summed E-state index contributed by atoms with van der Waals surface area (Å²) >= 11 is 0. The summed E-state index contributed by atoms with van der Waals surface area (Å²) in [5.74, 6) is 4.42. The minimum absolute atomic E-state index is 0.282. The number of ether oxygens (including phenoxy) is 3. The van der Waals surface area contributed by atoms with Crippen LogP contribution < -0.4 is 14.2 Å². The molecule has 2 aliphatic rings. The summed E-state index contributed by atoms with van der Waals surface area (Å²) in [5.41, 5.74) is 1.41. The molecule has 2 aromatic rings. The molecule has 1 spiro atoms. The van der Waals surface area contributed by atoms with E-state index in [1.807, 2.05) is 12.4 Å². The molecule has 2 fully saturated rings. The summed E-state index contributed by atoms with van der Waals surface area (Å²) in [6.07, 6.45) is 8.42. The van der Waals surface area contributed by atoms with Crippen LogP contribution >= 0.6 is 0 Å². The fraction of sp³-hybridized carbons (Fsp3) is 0.680. The monoisotopic (exact) mass is 442 g/mol. The van der Waals surface area contributed by atoms with E-state index >= 15 is 0 Å². The van der Waals surface area contributed by atoms with Gasteiger partial charge in [-0.3, -0.25) is 4.90 Å². The van der Waals surface area contributed by atoms with Crippen LogP contribution in [0.3, 0.4) is 0 Å². The highest BCUT2D eigenvalue weighted by molar-refractivity contribution is 5.50. The summed E-state index contributed by atoms with van der Waals surface area (Å²) in [6, 6.07) is 3.98. The molecule has 0 bridgehead atoms. The Kier molecular flexibility index (Phi) is 6.93. The van der Waals surface area contributed by atoms with Crippen molar-refractivity contribution >= 4 is 0 Å². The van der Waals surface area contributed by atoms with Crippen molar-refractivity contribution in [3.05, 3.63) is 29.8 Å². The second-order valence-electron chi connectivity index (χ2n) is 9.90. The highest BCUT2D eigenvalue weighted by atomic mass is 16.5. The lowest BCUT2D eigenvalue weighted by atomic mass is 9.67. The average molecular weight is 443 g/mol. The van der Waals surface area contributed by atoms with Gasteiger partial charge < -0.3 is 18.8 Å². The van der Waals surface area contributed by atoms with Crippen LogP contribution in [0.2, 0.25) is 0 Å². The Balaban J connectivity index is 1.63. The van der Waals surface area contributed by atoms with E-state index < -0.39 is 0 Å². The second kappa shape index (κ2) is 9.69. The van der Waals surface area contributed by atoms with E-state index in [1.165, 1.54) is 37.9 Å². The molecule has 0 radical (unpaired) electrons. The minimum atomic E-state index is 0.282. The van der Waals surface area contributed by atoms with Crippen LogP contribution in [0.4, 0.5) is 0 Å². The van der Waals surface area contributed by atoms with E-state index in [2.05, 4.69) is 39.6 Å². The van der Waals surface area contributed by atoms with Crippen molar-refractivity contribution in [1.29, 1.82) is 0 Å². The third-order valence-corrected chi connectivity index (χ3v) is 7.27. The third-order valence-electron chi connectivity index (χ3n) is 7.27. The van der Waals surface area contributed by atoms with E-state index in [0.29, 0.717) is 17.6 Å². The normalized spacial score (nSPS) is 20.8. The first kappa shape index (κ1) is 22.9. The number of hydrogen-bond donors (Lipinski definition) is 0. The summed E-state index contributed by atoms with van der Waals surface area (Å²) in [4.78, 5) is 2.58. The van der Waals surface area contributed by atoms with Crippen LogP contribution in [-0.4, -0.2) is 54.1 Å². The van der Waals surface area contributed by atoms with Gasteiger partial charge in [0, 0.05) is 43.7 Å². The zero-order chi connectivity index (χ0) is 22.7. The summed E-state index contributed by atoms with van der Waals surface area (Å²) in [5, 5.41) is 8.97. The van der Waals surface area contributed by atoms with Crippen molar-refractivity contribution < 1.29 is 14.2 Å². The molecule has 176 valence electrons. The van der Waals surface area contributed by atoms with E-state index in [9.17, 15) is 0 Å². The van der Waals surface area contributed by atoms with Crippen molar-refractivity contribution in [3.8, 4) is 17.2 Å². The van der Waals surface area contributed by atoms with Crippen molar-refractivity contribution in [3.63, 3.8) is 0 Å². The molecule has 1 atom stereocenters. The number of likely N-dealkylation sites (tertiary alicyclic amines) is 1. The fourth-order valence-electron chi connectivity index (χ4n) is 5.84. The molecule has 32 heavy (non-hydrogen) atoms. The summed E-state index contributed by atoms with van der Waals surface area (Å²) in [7, 11) is 5.05. The molecule has 1 aliphatic heterocycles. The molecule has 1 saturated carbocycles. The predicted octanol–water partition coefficient (Wildman–Crippen LogP) is 4.51. The Morgan fingerprint density at radius 3 is 2.34 bits per heavy atom. The lowest BCUT2D eigenvalue weighted by Gasteiger charge is -2.38. The van der Waals surface area contributed by atoms with E-state index in [1.54, 1.807) is 21.3 Å². The molecule has 1 aliphatic carbocycles. The number of rotatable bonds is 8. The highest BCUT2D eigenvalue weighted by Crippen LogP contribution is 2.52. The van der Waals surface area contributed by atoms with Gasteiger partial charge in [-0.1, -0.05) is 33.1 Å². The van der Waals surface area contributed by atoms with Gasteiger partial charge in [-0.25, -0.2) is 0 Å². The molecule has 1 saturated heterocycles. The van der Waals surface area contributed by atoms with Crippen molar-refractivity contribution in [2.45, 2.75) is 65.0 Å². The molecule has 2 heterocycles. The van der Waals surface area contributed by atoms with Gasteiger partial charge in [0.2, 0.25) is 0 Å². The van der Waals surface area contributed by atoms with E-state index in [4.69, 9.17) is 14.2 Å². The van der Waals surface area contributed by atoms with Gasteiger partial charge in [0.15, 0.2) is 11.5 Å². The molecule has 1 aromatic heterocycles. The maximum atomic E-state index is 5.71. The van der Waals surface area contributed by atoms with Crippen LogP contribution in [0.25, 0.3) is 0 Å². The Morgan fingerprint density at radius 1 is 1.00 bits per heavy atom. The SMILES string of the molecule is COc1cc(OC)c(OC)cc1CN1CC(c2nncn2CC(C)C)C2(CCCCC2)C1. The maximum absolute atomic E-state index is 5.71. The Labute approximate surface area is 192 Å². The van der Waals surface area contributed by atoms with Crippen molar-refractivity contribution in [2.24, 2.45) is 11.3 Å². The molecular formula is C25H38N4O3. The first-order valence-corrected chi connectivity index (χ1v) is 11.9. The molecule has 7 nitrogen and oxygen atoms in total. The number of nitrogens with zero attached hydrogens (tertiary/aromatic N) is 4. The Morgan fingerprint density at radius 2 is 1.69 bits per heavy atom. The first-order chi connectivity index (χ1) is 15.5. The first-order valence-electron chi connectivity index (χ1n) is 11.9. The zero-order valence-corrected chi connectivity index (χ0v) is 20.3. The van der Waals surface area contributed by atoms with Crippen molar-refractivity contribution in [1.82, 2.24) is 19.7 Å². The van der Waals surface area contributed by atoms with E-state index in [0.717, 1.165) is 43.2 Å². The Hall–Kier alpha value is -2.28. The summed E-state index contributed by atoms with van der Waals surface area (Å²) < 4.78 is 19.0. The topological polar surface area (TPSA) is 61.6 Å². The molecule has 0 amide bonds. The smallest absolute Gasteiger partial charge is 0.164 e. The molecule has 7 heteroatoms. The molecule has 4 rings (SSSR count). The number of hydrogen-bond acceptors (Lipinski definition) is 6. The van der Waals surface area contributed by atoms with Crippen LogP contribution in [0, 0.1) is 11.3 Å². The zero-order valence-electron chi connectivity index (χ0n) is 20.3. The maximum Gasteiger partial charge on any atom is 0.164 e. The number of benzene rings is 1. The molecule has 0 N–H and O–H groups in total. The van der Waals surface area contributed by atoms with Crippen molar-refractivity contribution in [2.75, 3.05) is 34.4 Å². The van der Waals surface area contributed by atoms with Gasteiger partial charge in [0.1, 0.15) is 17.9 Å². The standard InChI is InChI=1S/C25H38N4O3/c1-18(2)13-29-17-26-27-24(29)20-15-28(16-25(20)9-7-6-8-10-25)14-19-11-22(31-4)23(32-5)12-21(19)30-3/h11-12,17-18,20H,6-10,13-16H2,1-5H3. The third kappa shape index (κ3) is 4.45. The number of methoxy groups -OCH3 is 3. The molecule has 1 unspecified atom stereocenters. The quantitative estimate of drug-likeness (QED) is 0.599. The predicted molar refractivity (Wildman–Crippen MR) is 124 cm³/mol. The van der Waals surface area contributed by atoms with Crippen LogP contribution in [-0.2, 0) is 13.1 Å². The summed E-state index contributed by atoms with van der Waals surface area (Å²) in [6.45, 7) is 8.38. The minimum Gasteiger partial charge on any atom is -0.496 e. The lowest BCUT2D eigenvalue weighted by Crippen LogP contribution is -2.33. The van der Waals surface area contributed by atoms with E-state index in [-0.39, 0.29) is 5.41 Å². The highest BCUT2D eigenvalue weighted by Gasteiger charge is 2.49. The second-order valence-corrected chi connectivity index (χ2v) is 9.90. The van der Waals surface area contributed by atoms with Gasteiger partial charge in [-0.05, 0) is 30.2 Å².